The van der Waals surface area contributed by atoms with Crippen molar-refractivity contribution in [2.45, 2.75) is 57.2 Å². The SMILES string of the molecule is COC(=O)N1CCOC[C@H]1C(=O)N(c1cccc(F)c1)[C@H](C(=O)NC1CCCCC1)c1ccccc1C.S.S. The third-order valence-electron chi connectivity index (χ3n) is 7.09. The number of morpholine rings is 1. The van der Waals surface area contributed by atoms with Crippen LogP contribution in [0.25, 0.3) is 0 Å². The first-order chi connectivity index (χ1) is 17.9. The number of halogens is 1. The van der Waals surface area contributed by atoms with Gasteiger partial charge in [-0.2, -0.15) is 27.0 Å². The molecule has 4 rings (SSSR count). The topological polar surface area (TPSA) is 88.2 Å². The molecule has 39 heavy (non-hydrogen) atoms. The highest BCUT2D eigenvalue weighted by Crippen LogP contribution is 2.33. The summed E-state index contributed by atoms with van der Waals surface area (Å²) >= 11 is 0. The second kappa shape index (κ2) is 15.1. The zero-order chi connectivity index (χ0) is 26.4. The maximum Gasteiger partial charge on any atom is 0.410 e. The summed E-state index contributed by atoms with van der Waals surface area (Å²) in [4.78, 5) is 43.4. The second-order valence-corrected chi connectivity index (χ2v) is 9.54. The highest BCUT2D eigenvalue weighted by molar-refractivity contribution is 7.59. The largest absolute Gasteiger partial charge is 0.453 e. The maximum absolute atomic E-state index is 14.5. The number of nitrogens with zero attached hydrogens (tertiary/aromatic N) is 2. The summed E-state index contributed by atoms with van der Waals surface area (Å²) in [7, 11) is 1.25. The molecule has 1 N–H and O–H groups in total. The van der Waals surface area contributed by atoms with Gasteiger partial charge in [-0.1, -0.05) is 49.6 Å². The summed E-state index contributed by atoms with van der Waals surface area (Å²) in [6.07, 6.45) is 4.26. The first-order valence-electron chi connectivity index (χ1n) is 12.8. The number of anilines is 1. The number of benzene rings is 2. The van der Waals surface area contributed by atoms with Crippen molar-refractivity contribution in [2.24, 2.45) is 0 Å². The van der Waals surface area contributed by atoms with Gasteiger partial charge < -0.3 is 14.8 Å². The molecule has 0 spiro atoms. The molecule has 2 fully saturated rings. The quantitative estimate of drug-likeness (QED) is 0.550. The fourth-order valence-electron chi connectivity index (χ4n) is 5.15. The van der Waals surface area contributed by atoms with E-state index in [9.17, 15) is 18.8 Å². The smallest absolute Gasteiger partial charge is 0.410 e. The third kappa shape index (κ3) is 7.67. The van der Waals surface area contributed by atoms with E-state index in [4.69, 9.17) is 9.47 Å². The number of hydrogen-bond donors (Lipinski definition) is 1. The zero-order valence-electron chi connectivity index (χ0n) is 22.3. The van der Waals surface area contributed by atoms with Gasteiger partial charge in [0.05, 0.1) is 20.3 Å². The van der Waals surface area contributed by atoms with E-state index in [-0.39, 0.29) is 64.4 Å². The Hall–Kier alpha value is -2.76. The van der Waals surface area contributed by atoms with Gasteiger partial charge in [-0.15, -0.1) is 0 Å². The van der Waals surface area contributed by atoms with E-state index < -0.39 is 29.9 Å². The van der Waals surface area contributed by atoms with Crippen LogP contribution >= 0.6 is 27.0 Å². The Morgan fingerprint density at radius 2 is 1.79 bits per heavy atom. The average Bonchev–Trinajstić information content (AvgIpc) is 2.92. The zero-order valence-corrected chi connectivity index (χ0v) is 24.3. The molecule has 2 atom stereocenters. The summed E-state index contributed by atoms with van der Waals surface area (Å²) in [6, 6.07) is 10.8. The van der Waals surface area contributed by atoms with Crippen LogP contribution < -0.4 is 10.2 Å². The van der Waals surface area contributed by atoms with Crippen molar-refractivity contribution >= 4 is 50.6 Å². The molecule has 3 amide bonds. The molecule has 2 aromatic carbocycles. The van der Waals surface area contributed by atoms with Crippen molar-refractivity contribution in [3.8, 4) is 0 Å². The molecular weight excluding hydrogens is 541 g/mol. The molecule has 0 radical (unpaired) electrons. The van der Waals surface area contributed by atoms with Crippen molar-refractivity contribution in [3.05, 3.63) is 65.5 Å². The number of methoxy groups -OCH3 is 1. The molecule has 8 nitrogen and oxygen atoms in total. The van der Waals surface area contributed by atoms with E-state index in [2.05, 4.69) is 5.32 Å². The minimum atomic E-state index is -1.08. The molecule has 1 saturated heterocycles. The Morgan fingerprint density at radius 1 is 1.08 bits per heavy atom. The lowest BCUT2D eigenvalue weighted by atomic mass is 9.93. The van der Waals surface area contributed by atoms with Gasteiger partial charge in [-0.25, -0.2) is 9.18 Å². The van der Waals surface area contributed by atoms with Gasteiger partial charge in [0.2, 0.25) is 5.91 Å². The summed E-state index contributed by atoms with van der Waals surface area (Å²) in [5, 5.41) is 3.15. The van der Waals surface area contributed by atoms with Gasteiger partial charge in [0.1, 0.15) is 17.9 Å². The fourth-order valence-corrected chi connectivity index (χ4v) is 5.15. The number of carbonyl (C=O) groups excluding carboxylic acids is 3. The van der Waals surface area contributed by atoms with Crippen LogP contribution in [-0.2, 0) is 19.1 Å². The number of ether oxygens (including phenoxy) is 2. The van der Waals surface area contributed by atoms with Crippen LogP contribution in [0.5, 0.6) is 0 Å². The number of amides is 3. The summed E-state index contributed by atoms with van der Waals surface area (Å²) in [6.45, 7) is 2.21. The predicted octanol–water partition coefficient (Wildman–Crippen LogP) is 4.35. The first-order valence-corrected chi connectivity index (χ1v) is 12.8. The Kier molecular flexibility index (Phi) is 12.6. The van der Waals surface area contributed by atoms with Crippen LogP contribution in [0.1, 0.15) is 49.3 Å². The van der Waals surface area contributed by atoms with E-state index in [1.54, 1.807) is 12.1 Å². The van der Waals surface area contributed by atoms with Crippen LogP contribution in [0.3, 0.4) is 0 Å². The molecule has 0 aromatic heterocycles. The Balaban J connectivity index is 0.00000267. The van der Waals surface area contributed by atoms with Crippen LogP contribution in [0.4, 0.5) is 14.9 Å². The average molecular weight is 580 g/mol. The normalized spacial score (nSPS) is 18.1. The summed E-state index contributed by atoms with van der Waals surface area (Å²) < 4.78 is 24.9. The maximum atomic E-state index is 14.5. The predicted molar refractivity (Wildman–Crippen MR) is 157 cm³/mol. The van der Waals surface area contributed by atoms with Gasteiger partial charge >= 0.3 is 6.09 Å². The highest BCUT2D eigenvalue weighted by atomic mass is 32.1. The molecule has 2 aromatic rings. The molecule has 1 saturated carbocycles. The highest BCUT2D eigenvalue weighted by Gasteiger charge is 2.42. The third-order valence-corrected chi connectivity index (χ3v) is 7.09. The van der Waals surface area contributed by atoms with Crippen LogP contribution in [0.2, 0.25) is 0 Å². The van der Waals surface area contributed by atoms with Crippen molar-refractivity contribution in [1.29, 1.82) is 0 Å². The number of rotatable bonds is 6. The lowest BCUT2D eigenvalue weighted by Gasteiger charge is -2.40. The van der Waals surface area contributed by atoms with Gasteiger partial charge in [-0.3, -0.25) is 19.4 Å². The van der Waals surface area contributed by atoms with Crippen molar-refractivity contribution in [2.75, 3.05) is 31.8 Å². The minimum absolute atomic E-state index is 0. The number of nitrogens with one attached hydrogen (secondary N) is 1. The van der Waals surface area contributed by atoms with E-state index in [0.717, 1.165) is 37.7 Å². The number of aryl methyl sites for hydroxylation is 1. The molecule has 1 aliphatic heterocycles. The first kappa shape index (κ1) is 32.5. The number of carbonyl (C=O) groups is 3. The lowest BCUT2D eigenvalue weighted by Crippen LogP contribution is -2.59. The lowest BCUT2D eigenvalue weighted by molar-refractivity contribution is -0.132. The molecule has 214 valence electrons. The molecule has 11 heteroatoms. The molecule has 2 aliphatic rings. The van der Waals surface area contributed by atoms with E-state index in [1.165, 1.54) is 35.1 Å². The van der Waals surface area contributed by atoms with Crippen LogP contribution in [0, 0.1) is 12.7 Å². The van der Waals surface area contributed by atoms with Gasteiger partial charge in [0.15, 0.2) is 0 Å². The van der Waals surface area contributed by atoms with E-state index in [0.29, 0.717) is 5.56 Å². The van der Waals surface area contributed by atoms with E-state index >= 15 is 0 Å². The standard InChI is InChI=1S/C28H34FN3O5.2H2S/c1-19-9-6-7-14-23(19)25(26(33)30-21-11-4-3-5-12-21)32(22-13-8-10-20(29)17-22)27(34)24-18-37-16-15-31(24)28(35)36-2;;/h6-10,13-14,17,21,24-25H,3-5,11-12,15-16,18H2,1-2H3,(H,30,33);2*1H2/t24-,25-;;/m0../s1. The van der Waals surface area contributed by atoms with E-state index in [1.807, 2.05) is 25.1 Å². The van der Waals surface area contributed by atoms with Crippen molar-refractivity contribution in [1.82, 2.24) is 10.2 Å². The molecule has 1 heterocycles. The second-order valence-electron chi connectivity index (χ2n) is 9.54. The minimum Gasteiger partial charge on any atom is -0.453 e. The number of hydrogen-bond acceptors (Lipinski definition) is 5. The Labute approximate surface area is 243 Å². The molecule has 0 unspecified atom stereocenters. The van der Waals surface area contributed by atoms with Crippen LogP contribution in [-0.4, -0.2) is 61.8 Å². The van der Waals surface area contributed by atoms with Crippen LogP contribution in [0.15, 0.2) is 48.5 Å². The van der Waals surface area contributed by atoms with Crippen molar-refractivity contribution < 1.29 is 28.2 Å². The summed E-state index contributed by atoms with van der Waals surface area (Å²) in [5.41, 5.74) is 1.65. The molecular formula is C28H38FN3O5S2. The monoisotopic (exact) mass is 579 g/mol. The Morgan fingerprint density at radius 3 is 2.46 bits per heavy atom. The van der Waals surface area contributed by atoms with Gasteiger partial charge in [-0.05, 0) is 49.1 Å². The molecule has 0 bridgehead atoms. The summed E-state index contributed by atoms with van der Waals surface area (Å²) in [5.74, 6) is -1.45. The molecule has 1 aliphatic carbocycles. The fraction of sp³-hybridized carbons (Fsp3) is 0.464. The Bertz CT molecular complexity index is 1130. The van der Waals surface area contributed by atoms with Gasteiger partial charge in [0, 0.05) is 18.3 Å². The van der Waals surface area contributed by atoms with Crippen molar-refractivity contribution in [3.63, 3.8) is 0 Å². The van der Waals surface area contributed by atoms with Gasteiger partial charge in [0.25, 0.3) is 5.91 Å².